The average Bonchev–Trinajstić information content (AvgIpc) is 2.36. The number of carbonyl (C=O) groups is 1. The van der Waals surface area contributed by atoms with Gasteiger partial charge in [-0.15, -0.1) is 11.8 Å². The average molecular weight is 269 g/mol. The Labute approximate surface area is 111 Å². The Morgan fingerprint density at radius 1 is 1.50 bits per heavy atom. The first-order chi connectivity index (χ1) is 8.58. The minimum atomic E-state index is -1.01. The van der Waals surface area contributed by atoms with Crippen molar-refractivity contribution in [3.63, 3.8) is 0 Å². The first kappa shape index (κ1) is 14.8. The van der Waals surface area contributed by atoms with E-state index < -0.39 is 5.97 Å². The van der Waals surface area contributed by atoms with E-state index in [0.29, 0.717) is 5.03 Å². The van der Waals surface area contributed by atoms with Crippen LogP contribution in [0.4, 0.5) is 5.69 Å². The first-order valence-corrected chi connectivity index (χ1v) is 6.91. The number of hydrogen-bond acceptors (Lipinski definition) is 5. The van der Waals surface area contributed by atoms with Gasteiger partial charge in [0.25, 0.3) is 0 Å². The molecular weight excluding hydrogens is 250 g/mol. The lowest BCUT2D eigenvalue weighted by atomic mass is 10.2. The molecule has 0 fully saturated rings. The number of hydrogen-bond donors (Lipinski definition) is 2. The predicted molar refractivity (Wildman–Crippen MR) is 74.1 cm³/mol. The number of nitrogens with zero attached hydrogens (tertiary/aromatic N) is 2. The highest BCUT2D eigenvalue weighted by atomic mass is 32.2. The Hall–Kier alpha value is -1.27. The molecule has 0 saturated heterocycles. The fourth-order valence-corrected chi connectivity index (χ4v) is 2.42. The third kappa shape index (κ3) is 4.19. The van der Waals surface area contributed by atoms with E-state index in [1.54, 1.807) is 11.8 Å². The van der Waals surface area contributed by atoms with Crippen molar-refractivity contribution in [3.8, 4) is 0 Å². The van der Waals surface area contributed by atoms with E-state index in [2.05, 4.69) is 23.7 Å². The monoisotopic (exact) mass is 269 g/mol. The number of nitrogen functional groups attached to an aromatic ring is 1. The number of carboxylic acid groups (broad SMARTS) is 1. The molecule has 0 spiro atoms. The van der Waals surface area contributed by atoms with Gasteiger partial charge in [-0.05, 0) is 19.2 Å². The molecule has 1 rings (SSSR count). The van der Waals surface area contributed by atoms with Gasteiger partial charge in [0.05, 0.1) is 22.5 Å². The number of rotatable bonds is 7. The van der Waals surface area contributed by atoms with Crippen molar-refractivity contribution in [2.24, 2.45) is 0 Å². The molecule has 0 aromatic carbocycles. The summed E-state index contributed by atoms with van der Waals surface area (Å²) in [6.07, 6.45) is 1.41. The van der Waals surface area contributed by atoms with Crippen molar-refractivity contribution in [1.82, 2.24) is 9.88 Å². The van der Waals surface area contributed by atoms with Gasteiger partial charge in [0.2, 0.25) is 0 Å². The molecule has 0 amide bonds. The highest BCUT2D eigenvalue weighted by Crippen LogP contribution is 2.20. The van der Waals surface area contributed by atoms with Crippen LogP contribution in [0.1, 0.15) is 24.2 Å². The number of carboxylic acids is 1. The van der Waals surface area contributed by atoms with Crippen LogP contribution in [0.25, 0.3) is 0 Å². The van der Waals surface area contributed by atoms with E-state index in [1.165, 1.54) is 12.3 Å². The quantitative estimate of drug-likeness (QED) is 0.735. The van der Waals surface area contributed by atoms with Gasteiger partial charge >= 0.3 is 5.97 Å². The van der Waals surface area contributed by atoms with E-state index in [-0.39, 0.29) is 11.3 Å². The van der Waals surface area contributed by atoms with Crippen LogP contribution in [-0.4, -0.2) is 46.3 Å². The van der Waals surface area contributed by atoms with Crippen LogP contribution in [0.2, 0.25) is 0 Å². The maximum absolute atomic E-state index is 10.9. The van der Waals surface area contributed by atoms with Gasteiger partial charge < -0.3 is 15.7 Å². The predicted octanol–water partition coefficient (Wildman–Crippen LogP) is 1.80. The summed E-state index contributed by atoms with van der Waals surface area (Å²) in [4.78, 5) is 17.4. The zero-order chi connectivity index (χ0) is 13.5. The molecule has 1 aromatic heterocycles. The van der Waals surface area contributed by atoms with E-state index in [9.17, 15) is 4.79 Å². The third-order valence-electron chi connectivity index (χ3n) is 2.69. The van der Waals surface area contributed by atoms with Crippen LogP contribution >= 0.6 is 11.8 Å². The molecular formula is C12H19N3O2S. The van der Waals surface area contributed by atoms with Crippen molar-refractivity contribution in [1.29, 1.82) is 0 Å². The van der Waals surface area contributed by atoms with Crippen LogP contribution in [-0.2, 0) is 0 Å². The second kappa shape index (κ2) is 7.23. The largest absolute Gasteiger partial charge is 0.478 e. The zero-order valence-corrected chi connectivity index (χ0v) is 11.5. The number of nitrogens with two attached hydrogens (primary N) is 1. The van der Waals surface area contributed by atoms with Gasteiger partial charge in [0.15, 0.2) is 0 Å². The Kier molecular flexibility index (Phi) is 5.94. The van der Waals surface area contributed by atoms with E-state index >= 15 is 0 Å². The first-order valence-electron chi connectivity index (χ1n) is 5.92. The van der Waals surface area contributed by atoms with Crippen molar-refractivity contribution in [3.05, 3.63) is 17.8 Å². The summed E-state index contributed by atoms with van der Waals surface area (Å²) in [7, 11) is 0. The molecule has 1 heterocycles. The molecule has 0 radical (unpaired) electrons. The summed E-state index contributed by atoms with van der Waals surface area (Å²) in [5, 5.41) is 9.66. The minimum absolute atomic E-state index is 0.121. The maximum atomic E-state index is 10.9. The molecule has 5 nitrogen and oxygen atoms in total. The second-order valence-corrected chi connectivity index (χ2v) is 4.91. The topological polar surface area (TPSA) is 79.5 Å². The highest BCUT2D eigenvalue weighted by molar-refractivity contribution is 7.99. The molecule has 1 aromatic rings. The number of pyridine rings is 1. The van der Waals surface area contributed by atoms with Gasteiger partial charge in [-0.3, -0.25) is 0 Å². The van der Waals surface area contributed by atoms with Crippen LogP contribution in [0.3, 0.4) is 0 Å². The normalized spacial score (nSPS) is 10.8. The Morgan fingerprint density at radius 2 is 2.17 bits per heavy atom. The van der Waals surface area contributed by atoms with Gasteiger partial charge in [0, 0.05) is 12.3 Å². The summed E-state index contributed by atoms with van der Waals surface area (Å²) >= 11 is 1.55. The minimum Gasteiger partial charge on any atom is -0.478 e. The molecule has 0 saturated carbocycles. The van der Waals surface area contributed by atoms with Crippen molar-refractivity contribution in [2.45, 2.75) is 18.9 Å². The Bertz CT molecular complexity index is 408. The van der Waals surface area contributed by atoms with E-state index in [4.69, 9.17) is 10.8 Å². The van der Waals surface area contributed by atoms with Gasteiger partial charge in [0.1, 0.15) is 0 Å². The van der Waals surface area contributed by atoms with E-state index in [1.807, 2.05) is 0 Å². The summed E-state index contributed by atoms with van der Waals surface area (Å²) in [6.45, 7) is 7.25. The van der Waals surface area contributed by atoms with Gasteiger partial charge in [-0.2, -0.15) is 0 Å². The van der Waals surface area contributed by atoms with Gasteiger partial charge in [-0.1, -0.05) is 13.8 Å². The van der Waals surface area contributed by atoms with E-state index in [0.717, 1.165) is 25.4 Å². The summed E-state index contributed by atoms with van der Waals surface area (Å²) < 4.78 is 0. The number of aromatic carboxylic acids is 1. The van der Waals surface area contributed by atoms with Crippen LogP contribution in [0.15, 0.2) is 17.3 Å². The fourth-order valence-electron chi connectivity index (χ4n) is 1.53. The zero-order valence-electron chi connectivity index (χ0n) is 10.7. The second-order valence-electron chi connectivity index (χ2n) is 3.79. The van der Waals surface area contributed by atoms with Crippen molar-refractivity contribution in [2.75, 3.05) is 31.1 Å². The van der Waals surface area contributed by atoms with Crippen LogP contribution in [0, 0.1) is 0 Å². The summed E-state index contributed by atoms with van der Waals surface area (Å²) in [6, 6.07) is 1.53. The lowest BCUT2D eigenvalue weighted by molar-refractivity contribution is 0.0697. The number of thioether (sulfide) groups is 1. The number of anilines is 1. The molecule has 18 heavy (non-hydrogen) atoms. The lowest BCUT2D eigenvalue weighted by Gasteiger charge is -2.17. The summed E-state index contributed by atoms with van der Waals surface area (Å²) in [5.74, 6) is -0.127. The molecule has 100 valence electrons. The SMILES string of the molecule is CCN(CC)CCSc1cc(C(=O)O)c(N)cn1. The smallest absolute Gasteiger partial charge is 0.337 e. The fraction of sp³-hybridized carbons (Fsp3) is 0.500. The van der Waals surface area contributed by atoms with Crippen LogP contribution < -0.4 is 5.73 Å². The summed E-state index contributed by atoms with van der Waals surface area (Å²) in [5.41, 5.74) is 5.87. The molecule has 0 aliphatic rings. The van der Waals surface area contributed by atoms with Crippen LogP contribution in [0.5, 0.6) is 0 Å². The molecule has 0 unspecified atom stereocenters. The maximum Gasteiger partial charge on any atom is 0.337 e. The lowest BCUT2D eigenvalue weighted by Crippen LogP contribution is -2.25. The number of aromatic nitrogens is 1. The highest BCUT2D eigenvalue weighted by Gasteiger charge is 2.10. The molecule has 3 N–H and O–H groups in total. The molecule has 0 bridgehead atoms. The Balaban J connectivity index is 2.58. The molecule has 0 aliphatic carbocycles. The van der Waals surface area contributed by atoms with Crippen molar-refractivity contribution < 1.29 is 9.90 Å². The third-order valence-corrected chi connectivity index (χ3v) is 3.60. The Morgan fingerprint density at radius 3 is 2.72 bits per heavy atom. The van der Waals surface area contributed by atoms with Crippen molar-refractivity contribution >= 4 is 23.4 Å². The molecule has 0 aliphatic heterocycles. The standard InChI is InChI=1S/C12H19N3O2S/c1-3-15(4-2)5-6-18-11-7-9(12(16)17)10(13)8-14-11/h7-8H,3-6,13H2,1-2H3,(H,16,17). The van der Waals surface area contributed by atoms with Gasteiger partial charge in [-0.25, -0.2) is 9.78 Å². The molecule has 6 heteroatoms. The molecule has 0 atom stereocenters.